The second kappa shape index (κ2) is 7.89. The molecule has 0 saturated carbocycles. The Bertz CT molecular complexity index is 714. The Hall–Kier alpha value is -2.18. The van der Waals surface area contributed by atoms with Crippen LogP contribution in [0.15, 0.2) is 42.5 Å². The van der Waals surface area contributed by atoms with Crippen LogP contribution in [0.3, 0.4) is 0 Å². The van der Waals surface area contributed by atoms with Crippen LogP contribution in [0.25, 0.3) is 0 Å². The van der Waals surface area contributed by atoms with Gasteiger partial charge in [0.1, 0.15) is 0 Å². The number of carbonyl (C=O) groups excluding carboxylic acids is 3. The molecule has 2 aromatic rings. The normalized spacial score (nSPS) is 11.7. The largest absolute Gasteiger partial charge is 0.447 e. The van der Waals surface area contributed by atoms with E-state index in [0.717, 1.165) is 11.3 Å². The van der Waals surface area contributed by atoms with Crippen LogP contribution >= 0.6 is 22.9 Å². The van der Waals surface area contributed by atoms with Crippen molar-refractivity contribution < 1.29 is 19.1 Å². The Labute approximate surface area is 142 Å². The zero-order valence-electron chi connectivity index (χ0n) is 12.0. The van der Waals surface area contributed by atoms with Gasteiger partial charge in [-0.05, 0) is 12.1 Å². The zero-order valence-corrected chi connectivity index (χ0v) is 13.6. The van der Waals surface area contributed by atoms with E-state index < -0.39 is 18.0 Å². The van der Waals surface area contributed by atoms with Crippen molar-refractivity contribution >= 4 is 40.6 Å². The molecule has 0 unspecified atom stereocenters. The summed E-state index contributed by atoms with van der Waals surface area (Å²) in [5, 5.41) is 0. The van der Waals surface area contributed by atoms with E-state index in [9.17, 15) is 14.4 Å². The first-order valence-electron chi connectivity index (χ1n) is 6.79. The molecular weight excluding hydrogens is 338 g/mol. The van der Waals surface area contributed by atoms with Crippen molar-refractivity contribution in [1.29, 1.82) is 0 Å². The number of carbonyl (C=O) groups is 3. The first kappa shape index (κ1) is 17.2. The molecule has 2 rings (SSSR count). The van der Waals surface area contributed by atoms with E-state index in [0.29, 0.717) is 14.8 Å². The third kappa shape index (κ3) is 4.91. The van der Waals surface area contributed by atoms with Gasteiger partial charge in [0.25, 0.3) is 5.91 Å². The molecule has 0 fully saturated rings. The number of amides is 1. The fourth-order valence-electron chi connectivity index (χ4n) is 1.91. The number of halogens is 1. The van der Waals surface area contributed by atoms with Gasteiger partial charge in [0.05, 0.1) is 15.6 Å². The summed E-state index contributed by atoms with van der Waals surface area (Å²) in [4.78, 5) is 35.7. The van der Waals surface area contributed by atoms with Crippen molar-refractivity contribution in [1.82, 2.24) is 0 Å². The number of hydrogen-bond acceptors (Lipinski definition) is 5. The van der Waals surface area contributed by atoms with Gasteiger partial charge in [-0.25, -0.2) is 0 Å². The van der Waals surface area contributed by atoms with Crippen LogP contribution in [0.5, 0.6) is 0 Å². The Morgan fingerprint density at radius 3 is 2.35 bits per heavy atom. The summed E-state index contributed by atoms with van der Waals surface area (Å²) in [7, 11) is 0. The van der Waals surface area contributed by atoms with Gasteiger partial charge < -0.3 is 10.5 Å². The molecule has 1 heterocycles. The van der Waals surface area contributed by atoms with Gasteiger partial charge in [-0.15, -0.1) is 11.3 Å². The van der Waals surface area contributed by atoms with Gasteiger partial charge >= 0.3 is 5.97 Å². The van der Waals surface area contributed by atoms with E-state index in [1.807, 2.05) is 0 Å². The minimum absolute atomic E-state index is 0.0179. The number of hydrogen-bond donors (Lipinski definition) is 1. The predicted octanol–water partition coefficient (Wildman–Crippen LogP) is 3.13. The molecule has 0 spiro atoms. The molecule has 0 aliphatic carbocycles. The van der Waals surface area contributed by atoms with Crippen LogP contribution in [0.4, 0.5) is 0 Å². The summed E-state index contributed by atoms with van der Waals surface area (Å²) < 4.78 is 5.61. The Morgan fingerprint density at radius 1 is 1.09 bits per heavy atom. The van der Waals surface area contributed by atoms with Crippen LogP contribution in [0, 0.1) is 0 Å². The Morgan fingerprint density at radius 2 is 1.78 bits per heavy atom. The maximum atomic E-state index is 11.9. The fraction of sp³-hybridized carbons (Fsp3) is 0.188. The summed E-state index contributed by atoms with van der Waals surface area (Å²) in [6, 6.07) is 11.7. The molecular formula is C16H14ClNO4S. The highest BCUT2D eigenvalue weighted by Gasteiger charge is 2.22. The predicted molar refractivity (Wildman–Crippen MR) is 87.4 cm³/mol. The van der Waals surface area contributed by atoms with Crippen LogP contribution in [0.2, 0.25) is 4.34 Å². The molecule has 0 radical (unpaired) electrons. The first-order chi connectivity index (χ1) is 11.0. The molecule has 1 amide bonds. The molecule has 5 nitrogen and oxygen atoms in total. The lowest BCUT2D eigenvalue weighted by Crippen LogP contribution is -2.26. The topological polar surface area (TPSA) is 86.5 Å². The Kier molecular flexibility index (Phi) is 5.90. The molecule has 2 N–H and O–H groups in total. The average molecular weight is 352 g/mol. The molecule has 1 atom stereocenters. The average Bonchev–Trinajstić information content (AvgIpc) is 2.97. The smallest absolute Gasteiger partial charge is 0.307 e. The van der Waals surface area contributed by atoms with Gasteiger partial charge in [0, 0.05) is 12.0 Å². The monoisotopic (exact) mass is 351 g/mol. The third-order valence-electron chi connectivity index (χ3n) is 3.01. The maximum absolute atomic E-state index is 11.9. The highest BCUT2D eigenvalue weighted by molar-refractivity contribution is 7.18. The lowest BCUT2D eigenvalue weighted by Gasteiger charge is -2.14. The van der Waals surface area contributed by atoms with E-state index in [-0.39, 0.29) is 18.6 Å². The van der Waals surface area contributed by atoms with Crippen molar-refractivity contribution in [2.45, 2.75) is 18.9 Å². The van der Waals surface area contributed by atoms with E-state index in [1.165, 1.54) is 0 Å². The third-order valence-corrected chi connectivity index (χ3v) is 4.29. The summed E-state index contributed by atoms with van der Waals surface area (Å²) in [5.41, 5.74) is 5.76. The second-order valence-electron chi connectivity index (χ2n) is 4.71. The second-order valence-corrected chi connectivity index (χ2v) is 6.42. The lowest BCUT2D eigenvalue weighted by molar-refractivity contribution is -0.155. The van der Waals surface area contributed by atoms with E-state index >= 15 is 0 Å². The van der Waals surface area contributed by atoms with Crippen LogP contribution in [-0.2, 0) is 14.3 Å². The minimum Gasteiger partial charge on any atom is -0.447 e. The van der Waals surface area contributed by atoms with Crippen LogP contribution < -0.4 is 5.73 Å². The van der Waals surface area contributed by atoms with E-state index in [2.05, 4.69) is 0 Å². The molecule has 23 heavy (non-hydrogen) atoms. The molecule has 1 aromatic heterocycles. The summed E-state index contributed by atoms with van der Waals surface area (Å²) >= 11 is 6.91. The molecule has 1 aromatic carbocycles. The van der Waals surface area contributed by atoms with Crippen molar-refractivity contribution in [2.24, 2.45) is 5.73 Å². The van der Waals surface area contributed by atoms with Crippen molar-refractivity contribution in [3.8, 4) is 0 Å². The molecule has 7 heteroatoms. The van der Waals surface area contributed by atoms with E-state index in [1.54, 1.807) is 42.5 Å². The van der Waals surface area contributed by atoms with Crippen molar-refractivity contribution in [3.63, 3.8) is 0 Å². The van der Waals surface area contributed by atoms with Crippen molar-refractivity contribution in [3.05, 3.63) is 57.2 Å². The van der Waals surface area contributed by atoms with E-state index in [4.69, 9.17) is 22.1 Å². The van der Waals surface area contributed by atoms with Crippen molar-refractivity contribution in [2.75, 3.05) is 0 Å². The number of rotatable bonds is 7. The standard InChI is InChI=1S/C16H14ClNO4S/c17-13-8-7-12(23-13)11(19)6-9-14(20)22-15(16(18)21)10-4-2-1-3-5-10/h1-5,7-8,15H,6,9H2,(H2,18,21)/t15-/m0/s1. The summed E-state index contributed by atoms with van der Waals surface area (Å²) in [6.07, 6.45) is -1.31. The van der Waals surface area contributed by atoms with Gasteiger partial charge in [-0.3, -0.25) is 14.4 Å². The lowest BCUT2D eigenvalue weighted by atomic mass is 10.1. The highest BCUT2D eigenvalue weighted by atomic mass is 35.5. The number of esters is 1. The summed E-state index contributed by atoms with van der Waals surface area (Å²) in [5.74, 6) is -1.62. The number of primary amides is 1. The number of thiophene rings is 1. The quantitative estimate of drug-likeness (QED) is 0.613. The fourth-order valence-corrected chi connectivity index (χ4v) is 2.92. The van der Waals surface area contributed by atoms with Gasteiger partial charge in [0.15, 0.2) is 5.78 Å². The minimum atomic E-state index is -1.16. The SMILES string of the molecule is NC(=O)[C@@H](OC(=O)CCC(=O)c1ccc(Cl)s1)c1ccccc1. The first-order valence-corrected chi connectivity index (χ1v) is 7.99. The molecule has 0 saturated heterocycles. The number of benzene rings is 1. The zero-order chi connectivity index (χ0) is 16.8. The number of ether oxygens (including phenoxy) is 1. The molecule has 0 bridgehead atoms. The van der Waals surface area contributed by atoms with Gasteiger partial charge in [0.2, 0.25) is 6.10 Å². The van der Waals surface area contributed by atoms with Crippen LogP contribution in [-0.4, -0.2) is 17.7 Å². The number of nitrogens with two attached hydrogens (primary N) is 1. The highest BCUT2D eigenvalue weighted by Crippen LogP contribution is 2.23. The summed E-state index contributed by atoms with van der Waals surface area (Å²) in [6.45, 7) is 0. The molecule has 0 aliphatic heterocycles. The number of ketones is 1. The van der Waals surface area contributed by atoms with Gasteiger partial charge in [-0.1, -0.05) is 41.9 Å². The number of Topliss-reactive ketones (excluding diaryl/α,β-unsaturated/α-hetero) is 1. The Balaban J connectivity index is 1.92. The van der Waals surface area contributed by atoms with Crippen LogP contribution in [0.1, 0.15) is 34.2 Å². The molecule has 120 valence electrons. The maximum Gasteiger partial charge on any atom is 0.307 e. The molecule has 0 aliphatic rings. The van der Waals surface area contributed by atoms with Gasteiger partial charge in [-0.2, -0.15) is 0 Å².